The van der Waals surface area contributed by atoms with Gasteiger partial charge in [-0.1, -0.05) is 0 Å². The van der Waals surface area contributed by atoms with Crippen LogP contribution < -0.4 is 10.6 Å². The predicted octanol–water partition coefficient (Wildman–Crippen LogP) is -0.686. The summed E-state index contributed by atoms with van der Waals surface area (Å²) in [5, 5.41) is 4.62. The summed E-state index contributed by atoms with van der Waals surface area (Å²) in [6, 6.07) is 0. The Morgan fingerprint density at radius 1 is 1.64 bits per heavy atom. The van der Waals surface area contributed by atoms with Crippen LogP contribution in [0, 0.1) is 0 Å². The molecule has 0 radical (unpaired) electrons. The van der Waals surface area contributed by atoms with Crippen molar-refractivity contribution >= 4 is 6.09 Å². The van der Waals surface area contributed by atoms with E-state index in [1.807, 2.05) is 26.2 Å². The number of quaternary nitrogens is 1. The van der Waals surface area contributed by atoms with Crippen molar-refractivity contribution in [2.45, 2.75) is 20.0 Å². The van der Waals surface area contributed by atoms with Crippen molar-refractivity contribution < 1.29 is 14.8 Å². The van der Waals surface area contributed by atoms with Crippen molar-refractivity contribution in [2.75, 3.05) is 20.1 Å². The molecule has 0 aliphatic rings. The highest BCUT2D eigenvalue weighted by Gasteiger charge is 2.02. The summed E-state index contributed by atoms with van der Waals surface area (Å²) in [6.07, 6.45) is -0.373. The fourth-order valence-corrected chi connectivity index (χ4v) is 0.574. The smallest absolute Gasteiger partial charge is 0.407 e. The van der Waals surface area contributed by atoms with Crippen LogP contribution in [0.3, 0.4) is 0 Å². The fourth-order valence-electron chi connectivity index (χ4n) is 0.574. The second kappa shape index (κ2) is 5.97. The number of ether oxygens (including phenoxy) is 1. The first-order chi connectivity index (χ1) is 5.16. The van der Waals surface area contributed by atoms with Gasteiger partial charge in [0, 0.05) is 0 Å². The van der Waals surface area contributed by atoms with Gasteiger partial charge >= 0.3 is 6.09 Å². The molecule has 0 bridgehead atoms. The summed E-state index contributed by atoms with van der Waals surface area (Å²) in [6.45, 7) is 5.19. The number of hydrogen-bond acceptors (Lipinski definition) is 2. The Bertz CT molecular complexity index is 115. The van der Waals surface area contributed by atoms with Crippen molar-refractivity contribution in [2.24, 2.45) is 0 Å². The van der Waals surface area contributed by atoms with E-state index in [1.54, 1.807) is 0 Å². The van der Waals surface area contributed by atoms with E-state index in [-0.39, 0.29) is 12.2 Å². The molecule has 0 saturated heterocycles. The van der Waals surface area contributed by atoms with Gasteiger partial charge in [-0.3, -0.25) is 0 Å². The maximum absolute atomic E-state index is 10.8. The van der Waals surface area contributed by atoms with E-state index >= 15 is 0 Å². The molecule has 0 aromatic rings. The highest BCUT2D eigenvalue weighted by atomic mass is 16.6. The summed E-state index contributed by atoms with van der Waals surface area (Å²) in [5.41, 5.74) is 0. The Kier molecular flexibility index (Phi) is 5.56. The van der Waals surface area contributed by atoms with E-state index in [9.17, 15) is 4.79 Å². The topological polar surface area (TPSA) is 54.9 Å². The lowest BCUT2D eigenvalue weighted by Crippen LogP contribution is -2.81. The average Bonchev–Trinajstić information content (AvgIpc) is 1.86. The third-order valence-electron chi connectivity index (χ3n) is 1.05. The second-order valence-electron chi connectivity index (χ2n) is 2.58. The van der Waals surface area contributed by atoms with E-state index in [4.69, 9.17) is 4.74 Å². The van der Waals surface area contributed by atoms with E-state index in [2.05, 4.69) is 5.32 Å². The number of hydrogen-bond donors (Lipinski definition) is 2. The number of amides is 1. The molecule has 11 heavy (non-hydrogen) atoms. The van der Waals surface area contributed by atoms with E-state index in [0.29, 0.717) is 6.54 Å². The molecule has 0 unspecified atom stereocenters. The Labute approximate surface area is 67.3 Å². The van der Waals surface area contributed by atoms with Crippen molar-refractivity contribution in [3.05, 3.63) is 0 Å². The lowest BCUT2D eigenvalue weighted by Gasteiger charge is -2.07. The molecule has 0 fully saturated rings. The van der Waals surface area contributed by atoms with Gasteiger partial charge in [0.1, 0.15) is 0 Å². The van der Waals surface area contributed by atoms with Crippen LogP contribution in [0.1, 0.15) is 13.8 Å². The second-order valence-corrected chi connectivity index (χ2v) is 2.58. The zero-order valence-electron chi connectivity index (χ0n) is 7.39. The molecule has 0 atom stereocenters. The number of rotatable bonds is 4. The zero-order chi connectivity index (χ0) is 8.69. The Balaban J connectivity index is 3.23. The van der Waals surface area contributed by atoms with Gasteiger partial charge in [0.25, 0.3) is 0 Å². The molecule has 1 amide bonds. The number of nitrogens with one attached hydrogen (secondary N) is 1. The minimum Gasteiger partial charge on any atom is -0.447 e. The quantitative estimate of drug-likeness (QED) is 0.536. The highest BCUT2D eigenvalue weighted by Crippen LogP contribution is 1.86. The van der Waals surface area contributed by atoms with Gasteiger partial charge in [-0.25, -0.2) is 4.79 Å². The molecule has 0 heterocycles. The van der Waals surface area contributed by atoms with Gasteiger partial charge in [-0.05, 0) is 13.8 Å². The van der Waals surface area contributed by atoms with Gasteiger partial charge < -0.3 is 15.4 Å². The van der Waals surface area contributed by atoms with Gasteiger partial charge in [0.05, 0.1) is 26.2 Å². The average molecular weight is 161 g/mol. The van der Waals surface area contributed by atoms with Crippen molar-refractivity contribution in [3.63, 3.8) is 0 Å². The largest absolute Gasteiger partial charge is 0.447 e. The number of nitrogens with two attached hydrogens (primary N) is 1. The summed E-state index contributed by atoms with van der Waals surface area (Å²) in [5.74, 6) is 0. The minimum absolute atomic E-state index is 0.0411. The lowest BCUT2D eigenvalue weighted by atomic mass is 10.5. The molecule has 0 aromatic carbocycles. The Hall–Kier alpha value is -0.770. The molecule has 0 aliphatic heterocycles. The normalized spacial score (nSPS) is 9.82. The molecular formula is C7H17N2O2+. The van der Waals surface area contributed by atoms with Crippen molar-refractivity contribution in [3.8, 4) is 0 Å². The number of alkyl carbamates (subject to hydrolysis) is 1. The van der Waals surface area contributed by atoms with Crippen LogP contribution >= 0.6 is 0 Å². The lowest BCUT2D eigenvalue weighted by molar-refractivity contribution is -0.624. The van der Waals surface area contributed by atoms with E-state index < -0.39 is 0 Å². The first-order valence-electron chi connectivity index (χ1n) is 3.89. The van der Waals surface area contributed by atoms with Gasteiger partial charge in [0.2, 0.25) is 0 Å². The van der Waals surface area contributed by atoms with Gasteiger partial charge in [-0.15, -0.1) is 0 Å². The predicted molar refractivity (Wildman–Crippen MR) is 42.3 cm³/mol. The van der Waals surface area contributed by atoms with E-state index in [1.165, 1.54) is 0 Å². The van der Waals surface area contributed by atoms with Crippen LogP contribution in [0.5, 0.6) is 0 Å². The molecule has 0 rings (SSSR count). The number of carbonyl (C=O) groups is 1. The molecule has 0 aliphatic carbocycles. The van der Waals surface area contributed by atoms with Crippen LogP contribution in [0.4, 0.5) is 4.79 Å². The summed E-state index contributed by atoms with van der Waals surface area (Å²) in [7, 11) is 1.95. The molecule has 66 valence electrons. The molecule has 4 nitrogen and oxygen atoms in total. The molecule has 0 aromatic heterocycles. The number of carbonyl (C=O) groups excluding carboxylic acids is 1. The SMILES string of the molecule is C[NH2+]CCNC(=O)OC(C)C. The van der Waals surface area contributed by atoms with Crippen LogP contribution in [-0.4, -0.2) is 32.3 Å². The zero-order valence-corrected chi connectivity index (χ0v) is 7.39. The first-order valence-corrected chi connectivity index (χ1v) is 3.89. The molecular weight excluding hydrogens is 144 g/mol. The van der Waals surface area contributed by atoms with Crippen LogP contribution in [0.25, 0.3) is 0 Å². The maximum Gasteiger partial charge on any atom is 0.407 e. The molecule has 0 saturated carbocycles. The first kappa shape index (κ1) is 10.2. The minimum atomic E-state index is -0.332. The molecule has 4 heteroatoms. The monoisotopic (exact) mass is 161 g/mol. The van der Waals surface area contributed by atoms with E-state index in [0.717, 1.165) is 6.54 Å². The summed E-state index contributed by atoms with van der Waals surface area (Å²) < 4.78 is 4.83. The Morgan fingerprint density at radius 2 is 2.27 bits per heavy atom. The van der Waals surface area contributed by atoms with Crippen LogP contribution in [-0.2, 0) is 4.74 Å². The summed E-state index contributed by atoms with van der Waals surface area (Å²) >= 11 is 0. The van der Waals surface area contributed by atoms with Crippen LogP contribution in [0.15, 0.2) is 0 Å². The van der Waals surface area contributed by atoms with Gasteiger partial charge in [0.15, 0.2) is 0 Å². The maximum atomic E-state index is 10.8. The molecule has 3 N–H and O–H groups in total. The third-order valence-corrected chi connectivity index (χ3v) is 1.05. The van der Waals surface area contributed by atoms with Crippen molar-refractivity contribution in [1.29, 1.82) is 0 Å². The van der Waals surface area contributed by atoms with Crippen LogP contribution in [0.2, 0.25) is 0 Å². The fraction of sp³-hybridized carbons (Fsp3) is 0.857. The van der Waals surface area contributed by atoms with Crippen molar-refractivity contribution in [1.82, 2.24) is 5.32 Å². The standard InChI is InChI=1S/C7H16N2O2/c1-6(2)11-7(10)9-5-4-8-3/h6,8H,4-5H2,1-3H3,(H,9,10)/p+1. The number of likely N-dealkylation sites (N-methyl/N-ethyl adjacent to an activating group) is 1. The van der Waals surface area contributed by atoms with Gasteiger partial charge in [-0.2, -0.15) is 0 Å². The summed E-state index contributed by atoms with van der Waals surface area (Å²) in [4.78, 5) is 10.8. The Morgan fingerprint density at radius 3 is 2.73 bits per heavy atom. The third kappa shape index (κ3) is 7.12. The molecule has 0 spiro atoms. The highest BCUT2D eigenvalue weighted by molar-refractivity contribution is 5.67.